The van der Waals surface area contributed by atoms with Crippen LogP contribution < -0.4 is 20.1 Å². The summed E-state index contributed by atoms with van der Waals surface area (Å²) in [6, 6.07) is 14.5. The molecule has 0 bridgehead atoms. The van der Waals surface area contributed by atoms with E-state index in [1.54, 1.807) is 30.0 Å². The molecule has 0 saturated heterocycles. The van der Waals surface area contributed by atoms with Gasteiger partial charge in [-0.15, -0.1) is 0 Å². The number of carbonyl (C=O) groups excluding carboxylic acids is 2. The van der Waals surface area contributed by atoms with Gasteiger partial charge in [-0.2, -0.15) is 5.10 Å². The first kappa shape index (κ1) is 28.6. The van der Waals surface area contributed by atoms with E-state index in [9.17, 15) is 9.59 Å². The van der Waals surface area contributed by atoms with Gasteiger partial charge in [0.25, 0.3) is 0 Å². The molecule has 38 heavy (non-hydrogen) atoms. The molecule has 0 unspecified atom stereocenters. The molecule has 3 amide bonds. The molecule has 0 spiro atoms. The molecule has 204 valence electrons. The van der Waals surface area contributed by atoms with Crippen LogP contribution in [0.15, 0.2) is 48.5 Å². The standard InChI is InChI=1S/C29H39N5O4/c1-19(2)17-33(28(36)30-23-13-12-22(37-7)15-24(23)38-8)18-27(35)31-26-16-25(29(4,5)6)32-34(26)21-11-9-10-20(3)14-21/h9-16,19H,17-18H2,1-8H3,(H,30,36)(H,31,35). The first-order chi connectivity index (χ1) is 17.9. The van der Waals surface area contributed by atoms with Gasteiger partial charge in [0.1, 0.15) is 23.9 Å². The summed E-state index contributed by atoms with van der Waals surface area (Å²) >= 11 is 0. The average molecular weight is 522 g/mol. The molecule has 0 atom stereocenters. The quantitative estimate of drug-likeness (QED) is 0.381. The second-order valence-electron chi connectivity index (χ2n) is 10.7. The van der Waals surface area contributed by atoms with Crippen molar-refractivity contribution in [2.24, 2.45) is 5.92 Å². The zero-order valence-electron chi connectivity index (χ0n) is 23.6. The maximum atomic E-state index is 13.3. The summed E-state index contributed by atoms with van der Waals surface area (Å²) in [5.41, 5.74) is 3.05. The van der Waals surface area contributed by atoms with Crippen molar-refractivity contribution in [1.82, 2.24) is 14.7 Å². The predicted molar refractivity (Wildman–Crippen MR) is 151 cm³/mol. The van der Waals surface area contributed by atoms with Crippen molar-refractivity contribution in [3.05, 3.63) is 59.8 Å². The molecule has 0 aliphatic heterocycles. The zero-order chi connectivity index (χ0) is 28.0. The van der Waals surface area contributed by atoms with Crippen LogP contribution in [0, 0.1) is 12.8 Å². The number of aryl methyl sites for hydroxylation is 1. The SMILES string of the molecule is COc1ccc(NC(=O)N(CC(=O)Nc2cc(C(C)(C)C)nn2-c2cccc(C)c2)CC(C)C)c(OC)c1. The first-order valence-electron chi connectivity index (χ1n) is 12.7. The second kappa shape index (κ2) is 12.0. The smallest absolute Gasteiger partial charge is 0.322 e. The zero-order valence-corrected chi connectivity index (χ0v) is 23.6. The van der Waals surface area contributed by atoms with Crippen LogP contribution in [0.1, 0.15) is 45.9 Å². The Morgan fingerprint density at radius 1 is 1.03 bits per heavy atom. The van der Waals surface area contributed by atoms with Crippen LogP contribution in [0.5, 0.6) is 11.5 Å². The van der Waals surface area contributed by atoms with Crippen molar-refractivity contribution >= 4 is 23.4 Å². The molecule has 0 aliphatic carbocycles. The molecule has 0 saturated carbocycles. The summed E-state index contributed by atoms with van der Waals surface area (Å²) in [4.78, 5) is 28.0. The van der Waals surface area contributed by atoms with Crippen LogP contribution in [0.2, 0.25) is 0 Å². The molecule has 1 aromatic heterocycles. The summed E-state index contributed by atoms with van der Waals surface area (Å²) in [5.74, 6) is 1.45. The fraction of sp³-hybridized carbons (Fsp3) is 0.414. The lowest BCUT2D eigenvalue weighted by Crippen LogP contribution is -2.42. The van der Waals surface area contributed by atoms with Crippen molar-refractivity contribution in [3.8, 4) is 17.2 Å². The van der Waals surface area contributed by atoms with E-state index >= 15 is 0 Å². The molecular formula is C29H39N5O4. The number of ether oxygens (including phenoxy) is 2. The van der Waals surface area contributed by atoms with Gasteiger partial charge in [0.05, 0.1) is 31.3 Å². The molecule has 2 N–H and O–H groups in total. The van der Waals surface area contributed by atoms with Gasteiger partial charge in [-0.1, -0.05) is 46.8 Å². The van der Waals surface area contributed by atoms with Crippen molar-refractivity contribution in [2.75, 3.05) is 37.9 Å². The van der Waals surface area contributed by atoms with E-state index in [1.807, 2.05) is 51.1 Å². The predicted octanol–water partition coefficient (Wildman–Crippen LogP) is 5.62. The third-order valence-corrected chi connectivity index (χ3v) is 5.85. The van der Waals surface area contributed by atoms with Crippen LogP contribution in [-0.2, 0) is 10.2 Å². The summed E-state index contributed by atoms with van der Waals surface area (Å²) in [6.07, 6.45) is 0. The number of aromatic nitrogens is 2. The van der Waals surface area contributed by atoms with Gasteiger partial charge in [0.15, 0.2) is 0 Å². The number of amides is 3. The van der Waals surface area contributed by atoms with Crippen LogP contribution in [0.3, 0.4) is 0 Å². The van der Waals surface area contributed by atoms with Gasteiger partial charge >= 0.3 is 6.03 Å². The Hall–Kier alpha value is -4.01. The minimum absolute atomic E-state index is 0.133. The van der Waals surface area contributed by atoms with Gasteiger partial charge in [-0.25, -0.2) is 9.48 Å². The van der Waals surface area contributed by atoms with E-state index in [2.05, 4.69) is 31.4 Å². The number of urea groups is 1. The van der Waals surface area contributed by atoms with E-state index in [4.69, 9.17) is 14.6 Å². The third-order valence-electron chi connectivity index (χ3n) is 5.85. The Morgan fingerprint density at radius 2 is 1.76 bits per heavy atom. The number of nitrogens with zero attached hydrogens (tertiary/aromatic N) is 3. The molecule has 3 rings (SSSR count). The Morgan fingerprint density at radius 3 is 2.37 bits per heavy atom. The van der Waals surface area contributed by atoms with Crippen LogP contribution >= 0.6 is 0 Å². The largest absolute Gasteiger partial charge is 0.497 e. The lowest BCUT2D eigenvalue weighted by molar-refractivity contribution is -0.116. The van der Waals surface area contributed by atoms with E-state index in [1.165, 1.54) is 12.0 Å². The number of benzene rings is 2. The summed E-state index contributed by atoms with van der Waals surface area (Å²) in [7, 11) is 3.08. The van der Waals surface area contributed by atoms with Crippen LogP contribution in [0.4, 0.5) is 16.3 Å². The van der Waals surface area contributed by atoms with E-state index in [-0.39, 0.29) is 23.8 Å². The van der Waals surface area contributed by atoms with Crippen molar-refractivity contribution < 1.29 is 19.1 Å². The molecule has 0 aliphatic rings. The lowest BCUT2D eigenvalue weighted by atomic mass is 9.92. The molecule has 3 aromatic rings. The highest BCUT2D eigenvalue weighted by Crippen LogP contribution is 2.30. The average Bonchev–Trinajstić information content (AvgIpc) is 3.27. The maximum Gasteiger partial charge on any atom is 0.322 e. The topological polar surface area (TPSA) is 97.7 Å². The normalized spacial score (nSPS) is 11.3. The first-order valence-corrected chi connectivity index (χ1v) is 12.7. The Balaban J connectivity index is 1.83. The number of nitrogens with one attached hydrogen (secondary N) is 2. The molecule has 0 fully saturated rings. The number of carbonyl (C=O) groups is 2. The monoisotopic (exact) mass is 521 g/mol. The van der Waals surface area contributed by atoms with Crippen molar-refractivity contribution in [3.63, 3.8) is 0 Å². The molecular weight excluding hydrogens is 482 g/mol. The highest BCUT2D eigenvalue weighted by atomic mass is 16.5. The summed E-state index contributed by atoms with van der Waals surface area (Å²) in [5, 5.41) is 10.6. The molecule has 9 nitrogen and oxygen atoms in total. The summed E-state index contributed by atoms with van der Waals surface area (Å²) in [6.45, 7) is 12.5. The Labute approximate surface area is 225 Å². The number of rotatable bonds is 9. The van der Waals surface area contributed by atoms with Gasteiger partial charge < -0.3 is 25.0 Å². The van der Waals surface area contributed by atoms with Crippen LogP contribution in [-0.4, -0.2) is 53.9 Å². The fourth-order valence-corrected chi connectivity index (χ4v) is 3.90. The van der Waals surface area contributed by atoms with Gasteiger partial charge in [-0.3, -0.25) is 4.79 Å². The highest BCUT2D eigenvalue weighted by molar-refractivity contribution is 5.97. The summed E-state index contributed by atoms with van der Waals surface area (Å²) < 4.78 is 12.4. The van der Waals surface area contributed by atoms with E-state index in [0.717, 1.165) is 16.9 Å². The molecule has 2 aromatic carbocycles. The van der Waals surface area contributed by atoms with Gasteiger partial charge in [0, 0.05) is 24.1 Å². The third kappa shape index (κ3) is 7.27. The van der Waals surface area contributed by atoms with E-state index in [0.29, 0.717) is 29.5 Å². The molecule has 0 radical (unpaired) electrons. The number of hydrogen-bond acceptors (Lipinski definition) is 5. The minimum atomic E-state index is -0.403. The number of anilines is 2. The maximum absolute atomic E-state index is 13.3. The Kier molecular flexibility index (Phi) is 9.04. The molecule has 1 heterocycles. The van der Waals surface area contributed by atoms with Crippen molar-refractivity contribution in [1.29, 1.82) is 0 Å². The number of hydrogen-bond donors (Lipinski definition) is 2. The van der Waals surface area contributed by atoms with Gasteiger partial charge in [0.2, 0.25) is 5.91 Å². The Bertz CT molecular complexity index is 1280. The van der Waals surface area contributed by atoms with E-state index < -0.39 is 6.03 Å². The fourth-order valence-electron chi connectivity index (χ4n) is 3.90. The van der Waals surface area contributed by atoms with Crippen molar-refractivity contribution in [2.45, 2.75) is 47.0 Å². The molecule has 9 heteroatoms. The van der Waals surface area contributed by atoms with Gasteiger partial charge in [-0.05, 0) is 42.7 Å². The minimum Gasteiger partial charge on any atom is -0.497 e. The van der Waals surface area contributed by atoms with Crippen LogP contribution in [0.25, 0.3) is 5.69 Å². The highest BCUT2D eigenvalue weighted by Gasteiger charge is 2.24. The second-order valence-corrected chi connectivity index (χ2v) is 10.7. The number of methoxy groups -OCH3 is 2. The lowest BCUT2D eigenvalue weighted by Gasteiger charge is -2.25.